The molecule has 0 amide bonds. The molecule has 1 atom stereocenters. The third kappa shape index (κ3) is 3.66. The average molecular weight is 347 g/mol. The van der Waals surface area contributed by atoms with Crippen LogP contribution in [0.2, 0.25) is 0 Å². The quantitative estimate of drug-likeness (QED) is 0.780. The van der Waals surface area contributed by atoms with Crippen molar-refractivity contribution in [3.8, 4) is 0 Å². The molecule has 1 aliphatic rings. The van der Waals surface area contributed by atoms with Crippen molar-refractivity contribution in [2.75, 3.05) is 27.2 Å². The molecule has 2 N–H and O–H groups in total. The van der Waals surface area contributed by atoms with Crippen LogP contribution in [0.25, 0.3) is 0 Å². The molecule has 0 radical (unpaired) electrons. The van der Waals surface area contributed by atoms with E-state index in [1.807, 2.05) is 0 Å². The van der Waals surface area contributed by atoms with Crippen molar-refractivity contribution in [2.45, 2.75) is 28.7 Å². The van der Waals surface area contributed by atoms with Crippen LogP contribution in [-0.4, -0.2) is 54.4 Å². The van der Waals surface area contributed by atoms with Gasteiger partial charge in [0.05, 0.1) is 0 Å². The van der Waals surface area contributed by atoms with Crippen LogP contribution in [0.5, 0.6) is 0 Å². The summed E-state index contributed by atoms with van der Waals surface area (Å²) < 4.78 is 53.4. The monoisotopic (exact) mass is 347 g/mol. The summed E-state index contributed by atoms with van der Waals surface area (Å²) in [5.74, 6) is 0. The van der Waals surface area contributed by atoms with Gasteiger partial charge < -0.3 is 5.32 Å². The zero-order chi connectivity index (χ0) is 16.4. The van der Waals surface area contributed by atoms with Crippen molar-refractivity contribution < 1.29 is 16.8 Å². The van der Waals surface area contributed by atoms with Crippen LogP contribution >= 0.6 is 0 Å². The number of benzene rings is 1. The maximum absolute atomic E-state index is 12.6. The van der Waals surface area contributed by atoms with E-state index in [-0.39, 0.29) is 15.8 Å². The van der Waals surface area contributed by atoms with Gasteiger partial charge in [-0.25, -0.2) is 25.9 Å². The molecule has 9 heteroatoms. The maximum atomic E-state index is 12.6. The number of hydrogen-bond acceptors (Lipinski definition) is 5. The van der Waals surface area contributed by atoms with Gasteiger partial charge in [-0.2, -0.15) is 0 Å². The fourth-order valence-corrected chi connectivity index (χ4v) is 5.29. The smallest absolute Gasteiger partial charge is 0.243 e. The Morgan fingerprint density at radius 3 is 2.32 bits per heavy atom. The lowest BCUT2D eigenvalue weighted by molar-refractivity contribution is 0.428. The number of nitrogens with one attached hydrogen (secondary N) is 2. The van der Waals surface area contributed by atoms with Crippen molar-refractivity contribution in [3.63, 3.8) is 0 Å². The zero-order valence-electron chi connectivity index (χ0n) is 12.6. The first kappa shape index (κ1) is 17.4. The third-order valence-corrected chi connectivity index (χ3v) is 7.10. The van der Waals surface area contributed by atoms with Crippen LogP contribution < -0.4 is 10.0 Å². The van der Waals surface area contributed by atoms with Crippen molar-refractivity contribution >= 4 is 20.0 Å². The predicted molar refractivity (Wildman–Crippen MR) is 83.5 cm³/mol. The van der Waals surface area contributed by atoms with Crippen LogP contribution in [0, 0.1) is 0 Å². The number of hydrogen-bond donors (Lipinski definition) is 2. The van der Waals surface area contributed by atoms with Crippen LogP contribution in [0.15, 0.2) is 34.1 Å². The van der Waals surface area contributed by atoms with Gasteiger partial charge in [0.25, 0.3) is 0 Å². The number of piperidine rings is 1. The molecule has 7 nitrogen and oxygen atoms in total. The summed E-state index contributed by atoms with van der Waals surface area (Å²) in [5, 5.41) is 3.12. The van der Waals surface area contributed by atoms with Gasteiger partial charge in [0.15, 0.2) is 0 Å². The largest absolute Gasteiger partial charge is 0.315 e. The number of sulfonamides is 2. The van der Waals surface area contributed by atoms with Gasteiger partial charge in [-0.1, -0.05) is 12.1 Å². The summed E-state index contributed by atoms with van der Waals surface area (Å²) in [6.45, 7) is 1.41. The van der Waals surface area contributed by atoms with E-state index in [9.17, 15) is 16.8 Å². The van der Waals surface area contributed by atoms with Crippen LogP contribution in [0.3, 0.4) is 0 Å². The predicted octanol–water partition coefficient (Wildman–Crippen LogP) is -0.0328. The molecule has 1 aromatic rings. The van der Waals surface area contributed by atoms with E-state index >= 15 is 0 Å². The fourth-order valence-electron chi connectivity index (χ4n) is 2.32. The van der Waals surface area contributed by atoms with E-state index in [4.69, 9.17) is 0 Å². The second-order valence-corrected chi connectivity index (χ2v) is 9.20. The van der Waals surface area contributed by atoms with Gasteiger partial charge in [-0.3, -0.25) is 0 Å². The summed E-state index contributed by atoms with van der Waals surface area (Å²) in [7, 11) is -4.99. The van der Waals surface area contributed by atoms with Gasteiger partial charge in [-0.05, 0) is 31.5 Å². The molecule has 1 aliphatic heterocycles. The Hall–Kier alpha value is -1.00. The minimum absolute atomic E-state index is 0.212. The molecular formula is C13H21N3O4S2. The summed E-state index contributed by atoms with van der Waals surface area (Å²) in [4.78, 5) is -0.425. The van der Waals surface area contributed by atoms with Crippen molar-refractivity contribution in [3.05, 3.63) is 24.3 Å². The summed E-state index contributed by atoms with van der Waals surface area (Å²) >= 11 is 0. The highest BCUT2D eigenvalue weighted by atomic mass is 32.2. The lowest BCUT2D eigenvalue weighted by Crippen LogP contribution is -2.45. The van der Waals surface area contributed by atoms with Crippen molar-refractivity contribution in [2.24, 2.45) is 0 Å². The van der Waals surface area contributed by atoms with Crippen molar-refractivity contribution in [1.82, 2.24) is 14.3 Å². The molecule has 1 heterocycles. The standard InChI is InChI=1S/C13H21N3O4S2/c1-16(2)22(19,20)13-8-4-3-7-12(13)21(17,18)15-11-6-5-9-14-10-11/h3-4,7-8,11,14-15H,5-6,9-10H2,1-2H3. The number of nitrogens with zero attached hydrogens (tertiary/aromatic N) is 1. The van der Waals surface area contributed by atoms with Gasteiger partial charge in [0, 0.05) is 26.7 Å². The van der Waals surface area contributed by atoms with Gasteiger partial charge >= 0.3 is 0 Å². The van der Waals surface area contributed by atoms with Crippen LogP contribution in [-0.2, 0) is 20.0 Å². The topological polar surface area (TPSA) is 95.6 Å². The maximum Gasteiger partial charge on any atom is 0.243 e. The molecule has 1 fully saturated rings. The van der Waals surface area contributed by atoms with Gasteiger partial charge in [0.1, 0.15) is 9.79 Å². The van der Waals surface area contributed by atoms with E-state index in [1.54, 1.807) is 0 Å². The van der Waals surface area contributed by atoms with E-state index in [0.29, 0.717) is 6.54 Å². The van der Waals surface area contributed by atoms with Crippen LogP contribution in [0.1, 0.15) is 12.8 Å². The summed E-state index contributed by atoms with van der Waals surface area (Å²) in [5.41, 5.74) is 0. The normalized spacial score (nSPS) is 20.2. The van der Waals surface area contributed by atoms with E-state index < -0.39 is 20.0 Å². The minimum atomic E-state index is -3.90. The first-order valence-corrected chi connectivity index (χ1v) is 9.92. The van der Waals surface area contributed by atoms with Crippen LogP contribution in [0.4, 0.5) is 0 Å². The highest BCUT2D eigenvalue weighted by molar-refractivity contribution is 7.92. The lowest BCUT2D eigenvalue weighted by atomic mass is 10.1. The molecule has 2 rings (SSSR count). The lowest BCUT2D eigenvalue weighted by Gasteiger charge is -2.24. The van der Waals surface area contributed by atoms with Gasteiger partial charge in [0.2, 0.25) is 20.0 Å². The highest BCUT2D eigenvalue weighted by Gasteiger charge is 2.29. The molecule has 0 aliphatic carbocycles. The molecular weight excluding hydrogens is 326 g/mol. The molecule has 0 spiro atoms. The molecule has 0 aromatic heterocycles. The first-order chi connectivity index (χ1) is 10.2. The fraction of sp³-hybridized carbons (Fsp3) is 0.538. The van der Waals surface area contributed by atoms with Crippen molar-refractivity contribution in [1.29, 1.82) is 0 Å². The first-order valence-electron chi connectivity index (χ1n) is 7.00. The Kier molecular flexibility index (Phi) is 5.23. The SMILES string of the molecule is CN(C)S(=O)(=O)c1ccccc1S(=O)(=O)NC1CCCNC1. The summed E-state index contributed by atoms with van der Waals surface area (Å²) in [6.07, 6.45) is 1.61. The average Bonchev–Trinajstić information content (AvgIpc) is 2.47. The number of rotatable bonds is 5. The minimum Gasteiger partial charge on any atom is -0.315 e. The molecule has 1 aromatic carbocycles. The van der Waals surface area contributed by atoms with E-state index in [0.717, 1.165) is 23.7 Å². The van der Waals surface area contributed by atoms with E-state index in [1.165, 1.54) is 38.4 Å². The molecule has 22 heavy (non-hydrogen) atoms. The third-order valence-electron chi connectivity index (χ3n) is 3.52. The second-order valence-electron chi connectivity index (χ2n) is 5.40. The Morgan fingerprint density at radius 1 is 1.14 bits per heavy atom. The highest BCUT2D eigenvalue weighted by Crippen LogP contribution is 2.23. The van der Waals surface area contributed by atoms with Gasteiger partial charge in [-0.15, -0.1) is 0 Å². The molecule has 1 saturated heterocycles. The molecule has 0 saturated carbocycles. The molecule has 1 unspecified atom stereocenters. The Bertz CT molecular complexity index is 723. The Balaban J connectivity index is 2.39. The molecule has 124 valence electrons. The van der Waals surface area contributed by atoms with E-state index in [2.05, 4.69) is 10.0 Å². The zero-order valence-corrected chi connectivity index (χ0v) is 14.2. The molecule has 0 bridgehead atoms. The Labute approximate surface area is 131 Å². The summed E-state index contributed by atoms with van der Waals surface area (Å²) in [6, 6.07) is 5.42. The Morgan fingerprint density at radius 2 is 1.77 bits per heavy atom. The second kappa shape index (κ2) is 6.63.